The monoisotopic (exact) mass is 313 g/mol. The maximum Gasteiger partial charge on any atom is 0.261 e. The number of H-pyrrole nitrogens is 1. The van der Waals surface area contributed by atoms with E-state index in [1.54, 1.807) is 4.90 Å². The molecular weight excluding hydrogens is 294 g/mol. The number of amides is 1. The van der Waals surface area contributed by atoms with Crippen LogP contribution in [0, 0.1) is 0 Å². The van der Waals surface area contributed by atoms with Crippen LogP contribution in [0.25, 0.3) is 0 Å². The van der Waals surface area contributed by atoms with Crippen LogP contribution >= 0.6 is 0 Å². The van der Waals surface area contributed by atoms with Crippen LogP contribution in [0.2, 0.25) is 0 Å². The third-order valence-electron chi connectivity index (χ3n) is 5.22. The molecule has 23 heavy (non-hydrogen) atoms. The molecule has 1 saturated heterocycles. The Balaban J connectivity index is 1.65. The number of aryl methyl sites for hydroxylation is 1. The smallest absolute Gasteiger partial charge is 0.261 e. The summed E-state index contributed by atoms with van der Waals surface area (Å²) in [5.74, 6) is -0.667. The first-order chi connectivity index (χ1) is 11.1. The first-order valence-corrected chi connectivity index (χ1v) is 7.94. The van der Waals surface area contributed by atoms with Gasteiger partial charge < -0.3 is 15.1 Å². The van der Waals surface area contributed by atoms with Crippen LogP contribution in [0.4, 0.5) is 0 Å². The van der Waals surface area contributed by atoms with Crippen molar-refractivity contribution in [3.63, 3.8) is 0 Å². The number of hydrogen-bond donors (Lipinski definition) is 3. The Kier molecular flexibility index (Phi) is 3.07. The fourth-order valence-corrected chi connectivity index (χ4v) is 4.08. The molecule has 6 nitrogen and oxygen atoms in total. The van der Waals surface area contributed by atoms with Gasteiger partial charge in [0.1, 0.15) is 17.1 Å². The van der Waals surface area contributed by atoms with Crippen LogP contribution in [-0.4, -0.2) is 44.3 Å². The molecule has 0 saturated carbocycles. The molecule has 1 fully saturated rings. The van der Waals surface area contributed by atoms with Crippen LogP contribution in [0.3, 0.4) is 0 Å². The molecule has 6 heteroatoms. The van der Waals surface area contributed by atoms with Gasteiger partial charge in [-0.05, 0) is 43.4 Å². The van der Waals surface area contributed by atoms with Gasteiger partial charge in [-0.1, -0.05) is 6.07 Å². The number of phenolic OH excluding ortho intramolecular Hbond substituents is 2. The predicted octanol–water partition coefficient (Wildman–Crippen LogP) is 1.94. The molecule has 2 heterocycles. The van der Waals surface area contributed by atoms with E-state index in [1.807, 2.05) is 6.20 Å². The van der Waals surface area contributed by atoms with Crippen LogP contribution in [0.15, 0.2) is 24.4 Å². The molecule has 1 unspecified atom stereocenters. The molecule has 0 radical (unpaired) electrons. The zero-order chi connectivity index (χ0) is 16.0. The van der Waals surface area contributed by atoms with E-state index in [0.717, 1.165) is 31.4 Å². The number of hydrogen-bond acceptors (Lipinski definition) is 4. The largest absolute Gasteiger partial charge is 0.507 e. The van der Waals surface area contributed by atoms with Crippen LogP contribution < -0.4 is 0 Å². The van der Waals surface area contributed by atoms with Gasteiger partial charge in [0.25, 0.3) is 5.91 Å². The van der Waals surface area contributed by atoms with Gasteiger partial charge in [-0.25, -0.2) is 0 Å². The number of carbonyl (C=O) groups is 1. The van der Waals surface area contributed by atoms with Crippen molar-refractivity contribution >= 4 is 5.91 Å². The molecule has 1 atom stereocenters. The van der Waals surface area contributed by atoms with Crippen LogP contribution in [0.1, 0.15) is 40.9 Å². The summed E-state index contributed by atoms with van der Waals surface area (Å²) in [6.07, 6.45) is 5.79. The van der Waals surface area contributed by atoms with Gasteiger partial charge in [0.2, 0.25) is 0 Å². The Morgan fingerprint density at radius 3 is 2.83 bits per heavy atom. The number of aromatic amines is 1. The zero-order valence-electron chi connectivity index (χ0n) is 12.7. The molecule has 1 amide bonds. The molecule has 1 spiro atoms. The molecule has 3 N–H and O–H groups in total. The highest BCUT2D eigenvalue weighted by Gasteiger charge is 2.45. The van der Waals surface area contributed by atoms with Gasteiger partial charge in [0.05, 0.1) is 6.20 Å². The molecule has 2 aromatic rings. The second-order valence-electron chi connectivity index (χ2n) is 6.55. The molecule has 0 bridgehead atoms. The van der Waals surface area contributed by atoms with Gasteiger partial charge in [0, 0.05) is 24.2 Å². The number of likely N-dealkylation sites (tertiary alicyclic amines) is 1. The number of nitrogens with zero attached hydrogens (tertiary/aromatic N) is 2. The van der Waals surface area contributed by atoms with Crippen molar-refractivity contribution in [2.45, 2.75) is 31.1 Å². The molecule has 120 valence electrons. The molecule has 4 rings (SSSR count). The molecule has 1 aromatic heterocycles. The van der Waals surface area contributed by atoms with Crippen molar-refractivity contribution in [2.24, 2.45) is 0 Å². The van der Waals surface area contributed by atoms with Gasteiger partial charge in [0.15, 0.2) is 0 Å². The number of phenols is 2. The van der Waals surface area contributed by atoms with E-state index in [-0.39, 0.29) is 28.4 Å². The lowest BCUT2D eigenvalue weighted by molar-refractivity contribution is 0.0626. The Morgan fingerprint density at radius 1 is 1.26 bits per heavy atom. The lowest BCUT2D eigenvalue weighted by atomic mass is 9.77. The lowest BCUT2D eigenvalue weighted by Crippen LogP contribution is -2.47. The summed E-state index contributed by atoms with van der Waals surface area (Å²) in [7, 11) is 0. The summed E-state index contributed by atoms with van der Waals surface area (Å²) in [6, 6.07) is 4.37. The van der Waals surface area contributed by atoms with E-state index >= 15 is 0 Å². The first kappa shape index (κ1) is 14.1. The summed E-state index contributed by atoms with van der Waals surface area (Å²) < 4.78 is 0. The van der Waals surface area contributed by atoms with Crippen LogP contribution in [0.5, 0.6) is 11.5 Å². The van der Waals surface area contributed by atoms with Gasteiger partial charge in [-0.3, -0.25) is 9.89 Å². The number of benzene rings is 1. The molecule has 1 aliphatic heterocycles. The number of rotatable bonds is 1. The van der Waals surface area contributed by atoms with E-state index in [1.165, 1.54) is 23.8 Å². The van der Waals surface area contributed by atoms with Crippen molar-refractivity contribution in [2.75, 3.05) is 13.1 Å². The van der Waals surface area contributed by atoms with Crippen molar-refractivity contribution in [1.29, 1.82) is 0 Å². The third kappa shape index (κ3) is 2.09. The first-order valence-electron chi connectivity index (χ1n) is 7.94. The average Bonchev–Trinajstić information content (AvgIpc) is 3.12. The lowest BCUT2D eigenvalue weighted by Gasteiger charge is -2.40. The number of nitrogens with one attached hydrogen (secondary N) is 1. The quantitative estimate of drug-likeness (QED) is 0.750. The number of carbonyl (C=O) groups excluding carboxylic acids is 1. The standard InChI is InChI=1S/C17H19N3O3/c21-12-3-1-4-13(22)14(12)16(23)20-8-2-6-17(10-20)7-5-11-9-18-19-15(11)17/h1,3-4,9,21-22H,2,5-8,10H2,(H,18,19). The Morgan fingerprint density at radius 2 is 2.04 bits per heavy atom. The molecule has 1 aliphatic carbocycles. The number of aromatic hydroxyl groups is 2. The Hall–Kier alpha value is -2.50. The van der Waals surface area contributed by atoms with Crippen LogP contribution in [-0.2, 0) is 11.8 Å². The summed E-state index contributed by atoms with van der Waals surface area (Å²) in [4.78, 5) is 14.6. The van der Waals surface area contributed by atoms with Crippen molar-refractivity contribution < 1.29 is 15.0 Å². The second-order valence-corrected chi connectivity index (χ2v) is 6.55. The summed E-state index contributed by atoms with van der Waals surface area (Å²) >= 11 is 0. The van der Waals surface area contributed by atoms with Crippen molar-refractivity contribution in [3.05, 3.63) is 41.2 Å². The predicted molar refractivity (Wildman–Crippen MR) is 83.5 cm³/mol. The molecule has 1 aromatic carbocycles. The Bertz CT molecular complexity index is 750. The zero-order valence-corrected chi connectivity index (χ0v) is 12.7. The average molecular weight is 313 g/mol. The third-order valence-corrected chi connectivity index (χ3v) is 5.22. The number of fused-ring (bicyclic) bond motifs is 2. The van der Waals surface area contributed by atoms with Crippen molar-refractivity contribution in [3.8, 4) is 11.5 Å². The summed E-state index contributed by atoms with van der Waals surface area (Å²) in [5.41, 5.74) is 2.31. The maximum absolute atomic E-state index is 12.8. The van der Waals surface area contributed by atoms with Gasteiger partial charge in [-0.2, -0.15) is 5.10 Å². The summed E-state index contributed by atoms with van der Waals surface area (Å²) in [5, 5.41) is 27.2. The maximum atomic E-state index is 12.8. The van der Waals surface area contributed by atoms with Gasteiger partial charge >= 0.3 is 0 Å². The Labute approximate surface area is 133 Å². The van der Waals surface area contributed by atoms with Crippen molar-refractivity contribution in [1.82, 2.24) is 15.1 Å². The van der Waals surface area contributed by atoms with E-state index in [9.17, 15) is 15.0 Å². The summed E-state index contributed by atoms with van der Waals surface area (Å²) in [6.45, 7) is 1.23. The topological polar surface area (TPSA) is 89.4 Å². The number of aromatic nitrogens is 2. The number of piperidine rings is 1. The minimum atomic E-state index is -0.312. The van der Waals surface area contributed by atoms with Gasteiger partial charge in [-0.15, -0.1) is 0 Å². The highest BCUT2D eigenvalue weighted by atomic mass is 16.3. The fraction of sp³-hybridized carbons (Fsp3) is 0.412. The van der Waals surface area contributed by atoms with E-state index in [4.69, 9.17) is 0 Å². The highest BCUT2D eigenvalue weighted by Crippen LogP contribution is 2.44. The highest BCUT2D eigenvalue weighted by molar-refractivity contribution is 5.99. The second kappa shape index (κ2) is 5.01. The van der Waals surface area contributed by atoms with E-state index < -0.39 is 0 Å². The minimum Gasteiger partial charge on any atom is -0.507 e. The SMILES string of the molecule is O=C(c1c(O)cccc1O)N1CCCC2(CCc3cn[nH]c32)C1. The van der Waals surface area contributed by atoms with E-state index in [0.29, 0.717) is 13.1 Å². The van der Waals surface area contributed by atoms with E-state index in [2.05, 4.69) is 10.2 Å². The molecular formula is C17H19N3O3. The normalized spacial score (nSPS) is 23.2. The fourth-order valence-electron chi connectivity index (χ4n) is 4.08. The molecule has 2 aliphatic rings. The minimum absolute atomic E-state index is 0.00705.